The molecule has 11 heteroatoms. The van der Waals surface area contributed by atoms with Crippen molar-refractivity contribution in [2.75, 3.05) is 33.3 Å². The van der Waals surface area contributed by atoms with E-state index >= 15 is 0 Å². The highest BCUT2D eigenvalue weighted by atomic mass is 32.2. The molecular weight excluding hydrogens is 409 g/mol. The van der Waals surface area contributed by atoms with E-state index in [9.17, 15) is 21.6 Å². The van der Waals surface area contributed by atoms with E-state index in [0.29, 0.717) is 23.4 Å². The van der Waals surface area contributed by atoms with Gasteiger partial charge in [0, 0.05) is 39.3 Å². The summed E-state index contributed by atoms with van der Waals surface area (Å²) in [6.45, 7) is 3.07. The number of hydrogen-bond acceptors (Lipinski definition) is 4. The van der Waals surface area contributed by atoms with Gasteiger partial charge in [-0.05, 0) is 32.1 Å². The molecule has 0 aromatic carbocycles. The van der Waals surface area contributed by atoms with E-state index in [0.717, 1.165) is 32.1 Å². The summed E-state index contributed by atoms with van der Waals surface area (Å²) in [5, 5.41) is 6.51. The highest BCUT2D eigenvalue weighted by Gasteiger charge is 2.50. The van der Waals surface area contributed by atoms with Gasteiger partial charge in [-0.1, -0.05) is 26.2 Å². The average Bonchev–Trinajstić information content (AvgIpc) is 2.70. The molecular formula is C18H33F3N4O3S. The standard InChI is InChI=1S/C18H33F3N4O3S/c1-3-13-28-17(9-5-4-6-10-17)14-23-16(22-2)24-15-7-11-25(12-8-15)29(26,27)18(19,20)21/h15H,3-14H2,1-2H3,(H2,22,23,24). The Labute approximate surface area is 171 Å². The van der Waals surface area contributed by atoms with Gasteiger partial charge >= 0.3 is 15.5 Å². The van der Waals surface area contributed by atoms with E-state index in [1.54, 1.807) is 7.05 Å². The number of nitrogens with one attached hydrogen (secondary N) is 2. The minimum absolute atomic E-state index is 0.139. The maximum atomic E-state index is 12.7. The Hall–Kier alpha value is -1.07. The first-order valence-corrected chi connectivity index (χ1v) is 11.7. The van der Waals surface area contributed by atoms with Crippen LogP contribution in [0, 0.1) is 0 Å². The largest absolute Gasteiger partial charge is 0.511 e. The topological polar surface area (TPSA) is 83.0 Å². The predicted molar refractivity (Wildman–Crippen MR) is 106 cm³/mol. The maximum absolute atomic E-state index is 12.7. The van der Waals surface area contributed by atoms with Gasteiger partial charge in [0.1, 0.15) is 0 Å². The molecule has 29 heavy (non-hydrogen) atoms. The summed E-state index contributed by atoms with van der Waals surface area (Å²) in [6.07, 6.45) is 6.97. The lowest BCUT2D eigenvalue weighted by atomic mass is 9.84. The van der Waals surface area contributed by atoms with Gasteiger partial charge in [0.25, 0.3) is 0 Å². The third kappa shape index (κ3) is 6.45. The van der Waals surface area contributed by atoms with Crippen LogP contribution in [-0.4, -0.2) is 69.1 Å². The minimum atomic E-state index is -5.26. The van der Waals surface area contributed by atoms with Crippen molar-refractivity contribution in [1.82, 2.24) is 14.9 Å². The number of hydrogen-bond donors (Lipinski definition) is 2. The van der Waals surface area contributed by atoms with Gasteiger partial charge in [0.05, 0.1) is 5.60 Å². The molecule has 0 bridgehead atoms. The normalized spacial score (nSPS) is 22.4. The van der Waals surface area contributed by atoms with Crippen LogP contribution >= 0.6 is 0 Å². The zero-order valence-corrected chi connectivity index (χ0v) is 18.0. The Balaban J connectivity index is 1.86. The third-order valence-electron chi connectivity index (χ3n) is 5.61. The molecule has 0 amide bonds. The number of piperidine rings is 1. The van der Waals surface area contributed by atoms with Crippen molar-refractivity contribution in [3.8, 4) is 0 Å². The van der Waals surface area contributed by atoms with Crippen LogP contribution in [0.4, 0.5) is 13.2 Å². The number of ether oxygens (including phenoxy) is 1. The number of sulfonamides is 1. The molecule has 1 saturated carbocycles. The summed E-state index contributed by atoms with van der Waals surface area (Å²) in [6, 6.07) is -0.139. The molecule has 1 saturated heterocycles. The fourth-order valence-corrected chi connectivity index (χ4v) is 4.89. The van der Waals surface area contributed by atoms with Gasteiger partial charge in [-0.15, -0.1) is 0 Å². The van der Waals surface area contributed by atoms with Gasteiger partial charge in [-0.2, -0.15) is 17.5 Å². The number of guanidine groups is 1. The highest BCUT2D eigenvalue weighted by Crippen LogP contribution is 2.31. The summed E-state index contributed by atoms with van der Waals surface area (Å²) in [5.41, 5.74) is -5.46. The fraction of sp³-hybridized carbons (Fsp3) is 0.944. The summed E-state index contributed by atoms with van der Waals surface area (Å²) in [4.78, 5) is 4.21. The molecule has 0 radical (unpaired) electrons. The van der Waals surface area contributed by atoms with Gasteiger partial charge < -0.3 is 15.4 Å². The lowest BCUT2D eigenvalue weighted by Crippen LogP contribution is -2.54. The summed E-state index contributed by atoms with van der Waals surface area (Å²) in [7, 11) is -3.62. The Morgan fingerprint density at radius 2 is 1.83 bits per heavy atom. The molecule has 2 fully saturated rings. The smallest absolute Gasteiger partial charge is 0.373 e. The van der Waals surface area contributed by atoms with Gasteiger partial charge in [-0.3, -0.25) is 4.99 Å². The Morgan fingerprint density at radius 1 is 1.21 bits per heavy atom. The molecule has 0 unspecified atom stereocenters. The van der Waals surface area contributed by atoms with Crippen LogP contribution in [0.5, 0.6) is 0 Å². The number of alkyl halides is 3. The molecule has 2 N–H and O–H groups in total. The van der Waals surface area contributed by atoms with Crippen LogP contribution in [0.15, 0.2) is 4.99 Å². The Bertz CT molecular complexity index is 641. The van der Waals surface area contributed by atoms with E-state index in [4.69, 9.17) is 4.74 Å². The molecule has 0 aromatic heterocycles. The SMILES string of the molecule is CCCOC1(CNC(=NC)NC2CCN(S(=O)(=O)C(F)(F)F)CC2)CCCCC1. The summed E-state index contributed by atoms with van der Waals surface area (Å²) >= 11 is 0. The molecule has 1 aliphatic heterocycles. The molecule has 170 valence electrons. The van der Waals surface area contributed by atoms with Crippen molar-refractivity contribution in [2.45, 2.75) is 75.4 Å². The van der Waals surface area contributed by atoms with E-state index in [2.05, 4.69) is 22.5 Å². The van der Waals surface area contributed by atoms with Crippen LogP contribution in [0.25, 0.3) is 0 Å². The van der Waals surface area contributed by atoms with Gasteiger partial charge in [0.15, 0.2) is 5.96 Å². The Morgan fingerprint density at radius 3 is 2.34 bits per heavy atom. The molecule has 0 aromatic rings. The summed E-state index contributed by atoms with van der Waals surface area (Å²) in [5.74, 6) is 0.562. The predicted octanol–water partition coefficient (Wildman–Crippen LogP) is 2.59. The van der Waals surface area contributed by atoms with Crippen LogP contribution < -0.4 is 10.6 Å². The second kappa shape index (κ2) is 10.3. The second-order valence-electron chi connectivity index (χ2n) is 7.79. The van der Waals surface area contributed by atoms with Crippen LogP contribution in [0.2, 0.25) is 0 Å². The van der Waals surface area contributed by atoms with E-state index in [1.807, 2.05) is 0 Å². The first-order valence-electron chi connectivity index (χ1n) is 10.3. The summed E-state index contributed by atoms with van der Waals surface area (Å²) < 4.78 is 67.8. The van der Waals surface area contributed by atoms with Crippen molar-refractivity contribution in [2.24, 2.45) is 4.99 Å². The molecule has 0 atom stereocenters. The molecule has 7 nitrogen and oxygen atoms in total. The first-order chi connectivity index (χ1) is 13.6. The Kier molecular flexibility index (Phi) is 8.59. The molecule has 1 aliphatic carbocycles. The van der Waals surface area contributed by atoms with Crippen LogP contribution in [0.1, 0.15) is 58.3 Å². The van der Waals surface area contributed by atoms with Crippen molar-refractivity contribution in [3.63, 3.8) is 0 Å². The quantitative estimate of drug-likeness (QED) is 0.468. The van der Waals surface area contributed by atoms with Crippen molar-refractivity contribution >= 4 is 16.0 Å². The lowest BCUT2D eigenvalue weighted by Gasteiger charge is -2.38. The number of rotatable bonds is 7. The van der Waals surface area contributed by atoms with E-state index < -0.39 is 15.5 Å². The van der Waals surface area contributed by atoms with Crippen molar-refractivity contribution in [1.29, 1.82) is 0 Å². The second-order valence-corrected chi connectivity index (χ2v) is 9.72. The lowest BCUT2D eigenvalue weighted by molar-refractivity contribution is -0.0657. The molecule has 1 heterocycles. The fourth-order valence-electron chi connectivity index (χ4n) is 3.91. The number of nitrogens with zero attached hydrogens (tertiary/aromatic N) is 2. The van der Waals surface area contributed by atoms with Gasteiger partial charge in [-0.25, -0.2) is 8.42 Å². The number of aliphatic imine (C=N–C) groups is 1. The average molecular weight is 443 g/mol. The van der Waals surface area contributed by atoms with Crippen LogP contribution in [0.3, 0.4) is 0 Å². The minimum Gasteiger partial charge on any atom is -0.373 e. The van der Waals surface area contributed by atoms with E-state index in [-0.39, 0.29) is 37.6 Å². The monoisotopic (exact) mass is 442 g/mol. The van der Waals surface area contributed by atoms with Gasteiger partial charge in [0.2, 0.25) is 0 Å². The zero-order valence-electron chi connectivity index (χ0n) is 17.2. The van der Waals surface area contributed by atoms with E-state index in [1.165, 1.54) is 6.42 Å². The number of halogens is 3. The van der Waals surface area contributed by atoms with Crippen molar-refractivity contribution in [3.05, 3.63) is 0 Å². The third-order valence-corrected chi connectivity index (χ3v) is 7.24. The zero-order chi connectivity index (χ0) is 21.5. The first kappa shape index (κ1) is 24.2. The van der Waals surface area contributed by atoms with Crippen LogP contribution in [-0.2, 0) is 14.8 Å². The van der Waals surface area contributed by atoms with Crippen molar-refractivity contribution < 1.29 is 26.3 Å². The highest BCUT2D eigenvalue weighted by molar-refractivity contribution is 7.90. The maximum Gasteiger partial charge on any atom is 0.511 e. The molecule has 0 spiro atoms. The molecule has 2 rings (SSSR count). The molecule has 2 aliphatic rings.